The van der Waals surface area contributed by atoms with Crippen molar-refractivity contribution in [3.8, 4) is 28.5 Å². The van der Waals surface area contributed by atoms with Gasteiger partial charge in [-0.25, -0.2) is 0 Å². The lowest BCUT2D eigenvalue weighted by atomic mass is 10.1. The Morgan fingerprint density at radius 1 is 0.861 bits per heavy atom. The Morgan fingerprint density at radius 3 is 2.06 bits per heavy atom. The van der Waals surface area contributed by atoms with E-state index in [-0.39, 0.29) is 5.56 Å². The van der Waals surface area contributed by atoms with Gasteiger partial charge in [0, 0.05) is 37.3 Å². The fourth-order valence-electron chi connectivity index (χ4n) is 4.03. The minimum Gasteiger partial charge on any atom is -0.493 e. The van der Waals surface area contributed by atoms with Crippen molar-refractivity contribution in [3.63, 3.8) is 0 Å². The molecule has 8 nitrogen and oxygen atoms in total. The zero-order chi connectivity index (χ0) is 25.9. The standard InChI is InChI=1S/C25H25F3N4O4/c1-34-20-14-17(15-21(35-2)23(20)36-3)19-7-8-22(30-29-19)31-9-11-32(12-10-31)24(33)16-5-4-6-18(13-16)25(26,27)28/h4-8,13-15H,9-12H2,1-3H3. The van der Waals surface area contributed by atoms with Crippen molar-refractivity contribution in [2.24, 2.45) is 0 Å². The summed E-state index contributed by atoms with van der Waals surface area (Å²) in [5.41, 5.74) is 0.527. The third-order valence-electron chi connectivity index (χ3n) is 5.94. The smallest absolute Gasteiger partial charge is 0.416 e. The summed E-state index contributed by atoms with van der Waals surface area (Å²) in [5.74, 6) is 1.69. The van der Waals surface area contributed by atoms with Gasteiger partial charge in [-0.05, 0) is 42.5 Å². The number of piperazine rings is 1. The Bertz CT molecular complexity index is 1200. The van der Waals surface area contributed by atoms with Crippen LogP contribution in [0, 0.1) is 0 Å². The fraction of sp³-hybridized carbons (Fsp3) is 0.320. The van der Waals surface area contributed by atoms with Crippen molar-refractivity contribution in [3.05, 3.63) is 59.7 Å². The van der Waals surface area contributed by atoms with Crippen LogP contribution in [0.4, 0.5) is 19.0 Å². The van der Waals surface area contributed by atoms with E-state index in [2.05, 4.69) is 10.2 Å². The van der Waals surface area contributed by atoms with Gasteiger partial charge in [0.2, 0.25) is 5.75 Å². The molecule has 36 heavy (non-hydrogen) atoms. The number of benzene rings is 2. The van der Waals surface area contributed by atoms with Crippen molar-refractivity contribution in [1.29, 1.82) is 0 Å². The van der Waals surface area contributed by atoms with Crippen molar-refractivity contribution >= 4 is 11.7 Å². The molecule has 11 heteroatoms. The number of hydrogen-bond donors (Lipinski definition) is 0. The summed E-state index contributed by atoms with van der Waals surface area (Å²) in [4.78, 5) is 16.3. The molecule has 4 rings (SSSR count). The molecule has 0 N–H and O–H groups in total. The number of carbonyl (C=O) groups is 1. The number of aromatic nitrogens is 2. The maximum atomic E-state index is 13.0. The molecule has 1 aliphatic rings. The molecule has 1 fully saturated rings. The Kier molecular flexibility index (Phi) is 7.18. The maximum Gasteiger partial charge on any atom is 0.416 e. The van der Waals surface area contributed by atoms with Crippen LogP contribution in [-0.4, -0.2) is 68.5 Å². The second-order valence-corrected chi connectivity index (χ2v) is 8.05. The van der Waals surface area contributed by atoms with Crippen LogP contribution in [0.3, 0.4) is 0 Å². The molecular formula is C25H25F3N4O4. The lowest BCUT2D eigenvalue weighted by Crippen LogP contribution is -2.49. The number of ether oxygens (including phenoxy) is 3. The van der Waals surface area contributed by atoms with Gasteiger partial charge in [-0.2, -0.15) is 13.2 Å². The Balaban J connectivity index is 1.44. The first-order chi connectivity index (χ1) is 17.2. The molecule has 0 saturated carbocycles. The van der Waals surface area contributed by atoms with Crippen molar-refractivity contribution in [2.75, 3.05) is 52.4 Å². The van der Waals surface area contributed by atoms with E-state index in [0.29, 0.717) is 54.9 Å². The van der Waals surface area contributed by atoms with Crippen LogP contribution >= 0.6 is 0 Å². The third kappa shape index (κ3) is 5.14. The summed E-state index contributed by atoms with van der Waals surface area (Å²) >= 11 is 0. The van der Waals surface area contributed by atoms with Crippen molar-refractivity contribution < 1.29 is 32.2 Å². The van der Waals surface area contributed by atoms with Crippen LogP contribution in [0.1, 0.15) is 15.9 Å². The minimum absolute atomic E-state index is 0.0211. The van der Waals surface area contributed by atoms with E-state index in [1.54, 1.807) is 17.0 Å². The van der Waals surface area contributed by atoms with Crippen LogP contribution in [0.5, 0.6) is 17.2 Å². The molecule has 0 aliphatic carbocycles. The number of amides is 1. The highest BCUT2D eigenvalue weighted by molar-refractivity contribution is 5.94. The first-order valence-electron chi connectivity index (χ1n) is 11.1. The predicted molar refractivity (Wildman–Crippen MR) is 127 cm³/mol. The normalized spacial score (nSPS) is 13.9. The van der Waals surface area contributed by atoms with Crippen molar-refractivity contribution in [1.82, 2.24) is 15.1 Å². The average molecular weight is 502 g/mol. The molecule has 0 bridgehead atoms. The van der Waals surface area contributed by atoms with Gasteiger partial charge in [0.15, 0.2) is 17.3 Å². The van der Waals surface area contributed by atoms with Gasteiger partial charge >= 0.3 is 6.18 Å². The van der Waals surface area contributed by atoms with Gasteiger partial charge in [-0.15, -0.1) is 10.2 Å². The predicted octanol–water partition coefficient (Wildman–Crippen LogP) is 4.15. The molecule has 1 aliphatic heterocycles. The van der Waals surface area contributed by atoms with Crippen LogP contribution < -0.4 is 19.1 Å². The minimum atomic E-state index is -4.50. The number of halogens is 3. The van der Waals surface area contributed by atoms with E-state index < -0.39 is 17.6 Å². The molecule has 2 aromatic carbocycles. The number of carbonyl (C=O) groups excluding carboxylic acids is 1. The van der Waals surface area contributed by atoms with Gasteiger partial charge in [0.05, 0.1) is 32.6 Å². The van der Waals surface area contributed by atoms with E-state index in [4.69, 9.17) is 14.2 Å². The Hall–Kier alpha value is -4.02. The van der Waals surface area contributed by atoms with E-state index in [1.165, 1.54) is 33.5 Å². The second-order valence-electron chi connectivity index (χ2n) is 8.05. The highest BCUT2D eigenvalue weighted by Crippen LogP contribution is 2.40. The number of hydrogen-bond acceptors (Lipinski definition) is 7. The maximum absolute atomic E-state index is 13.0. The second kappa shape index (κ2) is 10.3. The number of anilines is 1. The first kappa shape index (κ1) is 25.1. The lowest BCUT2D eigenvalue weighted by molar-refractivity contribution is -0.137. The topological polar surface area (TPSA) is 77.0 Å². The molecular weight excluding hydrogens is 477 g/mol. The van der Waals surface area contributed by atoms with Gasteiger partial charge < -0.3 is 24.0 Å². The Morgan fingerprint density at radius 2 is 1.53 bits per heavy atom. The quantitative estimate of drug-likeness (QED) is 0.501. The van der Waals surface area contributed by atoms with Gasteiger partial charge in [0.25, 0.3) is 5.91 Å². The van der Waals surface area contributed by atoms with Crippen LogP contribution in [0.25, 0.3) is 11.3 Å². The summed E-state index contributed by atoms with van der Waals surface area (Å²) in [7, 11) is 4.60. The van der Waals surface area contributed by atoms with Crippen LogP contribution in [-0.2, 0) is 6.18 Å². The van der Waals surface area contributed by atoms with Crippen molar-refractivity contribution in [2.45, 2.75) is 6.18 Å². The summed E-state index contributed by atoms with van der Waals surface area (Å²) in [5, 5.41) is 8.67. The third-order valence-corrected chi connectivity index (χ3v) is 5.94. The van der Waals surface area contributed by atoms with Crippen LogP contribution in [0.2, 0.25) is 0 Å². The van der Waals surface area contributed by atoms with E-state index in [1.807, 2.05) is 17.0 Å². The highest BCUT2D eigenvalue weighted by atomic mass is 19.4. The number of nitrogens with zero attached hydrogens (tertiary/aromatic N) is 4. The molecule has 0 atom stereocenters. The molecule has 0 radical (unpaired) electrons. The molecule has 1 saturated heterocycles. The molecule has 1 aromatic heterocycles. The molecule has 0 spiro atoms. The van der Waals surface area contributed by atoms with Gasteiger partial charge in [-0.1, -0.05) is 6.07 Å². The number of methoxy groups -OCH3 is 3. The highest BCUT2D eigenvalue weighted by Gasteiger charge is 2.32. The SMILES string of the molecule is COc1cc(-c2ccc(N3CCN(C(=O)c4cccc(C(F)(F)F)c4)CC3)nn2)cc(OC)c1OC. The number of alkyl halides is 3. The first-order valence-corrected chi connectivity index (χ1v) is 11.1. The molecule has 190 valence electrons. The number of rotatable bonds is 6. The summed E-state index contributed by atoms with van der Waals surface area (Å²) in [6.07, 6.45) is -4.50. The molecule has 2 heterocycles. The monoisotopic (exact) mass is 502 g/mol. The zero-order valence-electron chi connectivity index (χ0n) is 20.0. The molecule has 1 amide bonds. The average Bonchev–Trinajstić information content (AvgIpc) is 2.91. The lowest BCUT2D eigenvalue weighted by Gasteiger charge is -2.35. The summed E-state index contributed by atoms with van der Waals surface area (Å²) < 4.78 is 55.1. The van der Waals surface area contributed by atoms with E-state index in [0.717, 1.165) is 17.7 Å². The Labute approximate surface area is 206 Å². The van der Waals surface area contributed by atoms with E-state index in [9.17, 15) is 18.0 Å². The molecule has 0 unspecified atom stereocenters. The van der Waals surface area contributed by atoms with Crippen LogP contribution in [0.15, 0.2) is 48.5 Å². The molecule has 3 aromatic rings. The summed E-state index contributed by atoms with van der Waals surface area (Å²) in [6.45, 7) is 1.66. The van der Waals surface area contributed by atoms with E-state index >= 15 is 0 Å². The zero-order valence-corrected chi connectivity index (χ0v) is 20.0. The summed E-state index contributed by atoms with van der Waals surface area (Å²) in [6, 6.07) is 11.7. The van der Waals surface area contributed by atoms with Gasteiger partial charge in [-0.3, -0.25) is 4.79 Å². The largest absolute Gasteiger partial charge is 0.493 e. The fourth-order valence-corrected chi connectivity index (χ4v) is 4.03. The van der Waals surface area contributed by atoms with Gasteiger partial charge in [0.1, 0.15) is 0 Å².